The van der Waals surface area contributed by atoms with Gasteiger partial charge >= 0.3 is 0 Å². The number of nitrogens with zero attached hydrogens (tertiary/aromatic N) is 5. The fraction of sp³-hybridized carbons (Fsp3) is 0.333. The molecule has 1 amide bonds. The van der Waals surface area contributed by atoms with E-state index in [-0.39, 0.29) is 5.91 Å². The summed E-state index contributed by atoms with van der Waals surface area (Å²) < 4.78 is 3.91. The van der Waals surface area contributed by atoms with Crippen LogP contribution in [0.15, 0.2) is 24.0 Å². The monoisotopic (exact) mass is 330 g/mol. The molecule has 7 nitrogen and oxygen atoms in total. The zero-order valence-corrected chi connectivity index (χ0v) is 14.1. The van der Waals surface area contributed by atoms with Gasteiger partial charge in [-0.2, -0.15) is 0 Å². The fourth-order valence-electron chi connectivity index (χ4n) is 2.53. The summed E-state index contributed by atoms with van der Waals surface area (Å²) in [7, 11) is 0. The summed E-state index contributed by atoms with van der Waals surface area (Å²) in [6.45, 7) is 6.98. The zero-order chi connectivity index (χ0) is 16.4. The molecular formula is C15H18N6OS. The minimum atomic E-state index is -0.0772. The minimum absolute atomic E-state index is 0.0772. The SMILES string of the molecule is Cc1nncn1CCNC(=O)c1cc(C)n(-c2nccs2)c1C. The van der Waals surface area contributed by atoms with Crippen LogP contribution in [0.2, 0.25) is 0 Å². The van der Waals surface area contributed by atoms with E-state index in [0.717, 1.165) is 22.3 Å². The molecule has 0 aromatic carbocycles. The maximum atomic E-state index is 12.4. The summed E-state index contributed by atoms with van der Waals surface area (Å²) in [5, 5.41) is 13.5. The Kier molecular flexibility index (Phi) is 4.24. The van der Waals surface area contributed by atoms with Gasteiger partial charge in [-0.3, -0.25) is 9.36 Å². The van der Waals surface area contributed by atoms with Gasteiger partial charge in [0, 0.05) is 36.1 Å². The van der Waals surface area contributed by atoms with Crippen molar-refractivity contribution in [1.29, 1.82) is 0 Å². The van der Waals surface area contributed by atoms with Crippen molar-refractivity contribution in [2.75, 3.05) is 6.54 Å². The van der Waals surface area contributed by atoms with Gasteiger partial charge in [0.05, 0.1) is 5.56 Å². The lowest BCUT2D eigenvalue weighted by molar-refractivity contribution is 0.0951. The van der Waals surface area contributed by atoms with Crippen molar-refractivity contribution >= 4 is 17.2 Å². The van der Waals surface area contributed by atoms with Crippen LogP contribution in [0.5, 0.6) is 0 Å². The van der Waals surface area contributed by atoms with Crippen LogP contribution in [0.25, 0.3) is 5.13 Å². The van der Waals surface area contributed by atoms with Gasteiger partial charge in [0.2, 0.25) is 0 Å². The highest BCUT2D eigenvalue weighted by molar-refractivity contribution is 7.12. The molecular weight excluding hydrogens is 312 g/mol. The van der Waals surface area contributed by atoms with Gasteiger partial charge in [-0.1, -0.05) is 0 Å². The number of hydrogen-bond donors (Lipinski definition) is 1. The molecule has 0 atom stereocenters. The van der Waals surface area contributed by atoms with Crippen molar-refractivity contribution < 1.29 is 4.79 Å². The summed E-state index contributed by atoms with van der Waals surface area (Å²) in [4.78, 5) is 16.8. The number of aromatic nitrogens is 5. The topological polar surface area (TPSA) is 77.6 Å². The minimum Gasteiger partial charge on any atom is -0.350 e. The smallest absolute Gasteiger partial charge is 0.253 e. The molecule has 0 aliphatic rings. The molecule has 3 aromatic heterocycles. The molecule has 0 spiro atoms. The number of thiazole rings is 1. The highest BCUT2D eigenvalue weighted by atomic mass is 32.1. The van der Waals surface area contributed by atoms with Gasteiger partial charge < -0.3 is 9.88 Å². The molecule has 1 N–H and O–H groups in total. The molecule has 0 radical (unpaired) electrons. The van der Waals surface area contributed by atoms with Crippen molar-refractivity contribution in [3.8, 4) is 5.13 Å². The predicted octanol–water partition coefficient (Wildman–Crippen LogP) is 1.88. The van der Waals surface area contributed by atoms with Crippen LogP contribution >= 0.6 is 11.3 Å². The van der Waals surface area contributed by atoms with E-state index in [9.17, 15) is 4.79 Å². The number of rotatable bonds is 5. The molecule has 0 saturated heterocycles. The van der Waals surface area contributed by atoms with E-state index in [1.807, 2.05) is 41.4 Å². The molecule has 0 bridgehead atoms. The molecule has 0 unspecified atom stereocenters. The largest absolute Gasteiger partial charge is 0.350 e. The first-order chi connectivity index (χ1) is 11.1. The molecule has 0 aliphatic carbocycles. The summed E-state index contributed by atoms with van der Waals surface area (Å²) >= 11 is 1.55. The first kappa shape index (κ1) is 15.4. The second kappa shape index (κ2) is 6.33. The highest BCUT2D eigenvalue weighted by Gasteiger charge is 2.17. The lowest BCUT2D eigenvalue weighted by Crippen LogP contribution is -2.27. The van der Waals surface area contributed by atoms with Gasteiger partial charge in [0.1, 0.15) is 12.2 Å². The molecule has 0 saturated carbocycles. The Morgan fingerprint density at radius 2 is 2.17 bits per heavy atom. The van der Waals surface area contributed by atoms with Crippen LogP contribution < -0.4 is 5.32 Å². The lowest BCUT2D eigenvalue weighted by atomic mass is 10.2. The molecule has 3 rings (SSSR count). The number of carbonyl (C=O) groups is 1. The van der Waals surface area contributed by atoms with Crippen molar-refractivity contribution in [3.05, 3.63) is 46.7 Å². The Balaban J connectivity index is 1.71. The van der Waals surface area contributed by atoms with E-state index >= 15 is 0 Å². The third kappa shape index (κ3) is 3.02. The molecule has 3 heterocycles. The van der Waals surface area contributed by atoms with Gasteiger partial charge in [-0.05, 0) is 26.8 Å². The first-order valence-corrected chi connectivity index (χ1v) is 8.17. The summed E-state index contributed by atoms with van der Waals surface area (Å²) in [5.74, 6) is 0.757. The highest BCUT2D eigenvalue weighted by Crippen LogP contribution is 2.22. The van der Waals surface area contributed by atoms with E-state index in [4.69, 9.17) is 0 Å². The number of hydrogen-bond acceptors (Lipinski definition) is 5. The summed E-state index contributed by atoms with van der Waals surface area (Å²) in [6.07, 6.45) is 3.43. The second-order valence-electron chi connectivity index (χ2n) is 5.26. The van der Waals surface area contributed by atoms with Crippen LogP contribution in [0.4, 0.5) is 0 Å². The van der Waals surface area contributed by atoms with Crippen molar-refractivity contribution in [3.63, 3.8) is 0 Å². The van der Waals surface area contributed by atoms with Crippen LogP contribution in [-0.2, 0) is 6.54 Å². The normalized spacial score (nSPS) is 10.9. The van der Waals surface area contributed by atoms with Gasteiger partial charge in [-0.15, -0.1) is 21.5 Å². The van der Waals surface area contributed by atoms with Crippen LogP contribution in [0.1, 0.15) is 27.6 Å². The van der Waals surface area contributed by atoms with Crippen molar-refractivity contribution in [2.24, 2.45) is 0 Å². The van der Waals surface area contributed by atoms with Gasteiger partial charge in [0.25, 0.3) is 5.91 Å². The van der Waals surface area contributed by atoms with Gasteiger partial charge in [0.15, 0.2) is 5.13 Å². The van der Waals surface area contributed by atoms with Crippen LogP contribution in [-0.4, -0.2) is 36.8 Å². The van der Waals surface area contributed by atoms with E-state index in [1.54, 1.807) is 23.9 Å². The molecule has 0 fully saturated rings. The molecule has 3 aromatic rings. The molecule has 120 valence electrons. The Hall–Kier alpha value is -2.48. The number of aryl methyl sites for hydroxylation is 2. The number of carbonyl (C=O) groups excluding carboxylic acids is 1. The Morgan fingerprint density at radius 3 is 2.83 bits per heavy atom. The average Bonchev–Trinajstić information content (AvgIpc) is 3.22. The average molecular weight is 330 g/mol. The Bertz CT molecular complexity index is 817. The maximum absolute atomic E-state index is 12.4. The number of nitrogens with one attached hydrogen (secondary N) is 1. The Labute approximate surface area is 138 Å². The fourth-order valence-corrected chi connectivity index (χ4v) is 3.28. The van der Waals surface area contributed by atoms with Gasteiger partial charge in [-0.25, -0.2) is 4.98 Å². The van der Waals surface area contributed by atoms with Crippen molar-refractivity contribution in [2.45, 2.75) is 27.3 Å². The zero-order valence-electron chi connectivity index (χ0n) is 13.3. The maximum Gasteiger partial charge on any atom is 0.253 e. The van der Waals surface area contributed by atoms with Crippen molar-refractivity contribution in [1.82, 2.24) is 29.6 Å². The number of amides is 1. The summed E-state index contributed by atoms with van der Waals surface area (Å²) in [5.41, 5.74) is 2.57. The van der Waals surface area contributed by atoms with E-state index < -0.39 is 0 Å². The molecule has 0 aliphatic heterocycles. The summed E-state index contributed by atoms with van der Waals surface area (Å²) in [6, 6.07) is 1.90. The lowest BCUT2D eigenvalue weighted by Gasteiger charge is -2.08. The molecule has 8 heteroatoms. The quantitative estimate of drug-likeness (QED) is 0.775. The standard InChI is InChI=1S/C15H18N6OS/c1-10-8-13(11(2)21(10)15-17-5-7-23-15)14(22)16-4-6-20-9-18-19-12(20)3/h5,7-9H,4,6H2,1-3H3,(H,16,22). The third-order valence-electron chi connectivity index (χ3n) is 3.73. The predicted molar refractivity (Wildman–Crippen MR) is 88.0 cm³/mol. The third-order valence-corrected chi connectivity index (χ3v) is 4.49. The van der Waals surface area contributed by atoms with Crippen LogP contribution in [0, 0.1) is 20.8 Å². The Morgan fingerprint density at radius 1 is 1.35 bits per heavy atom. The van der Waals surface area contributed by atoms with E-state index in [1.165, 1.54) is 0 Å². The van der Waals surface area contributed by atoms with E-state index in [2.05, 4.69) is 20.5 Å². The second-order valence-corrected chi connectivity index (χ2v) is 6.14. The first-order valence-electron chi connectivity index (χ1n) is 7.29. The molecule has 23 heavy (non-hydrogen) atoms. The van der Waals surface area contributed by atoms with E-state index in [0.29, 0.717) is 18.7 Å². The van der Waals surface area contributed by atoms with Crippen LogP contribution in [0.3, 0.4) is 0 Å².